The summed E-state index contributed by atoms with van der Waals surface area (Å²) < 4.78 is 4.87. The average Bonchev–Trinajstić information content (AvgIpc) is 2.47. The molecule has 110 valence electrons. The predicted molar refractivity (Wildman–Crippen MR) is 74.4 cm³/mol. The van der Waals surface area contributed by atoms with Crippen LogP contribution in [0.1, 0.15) is 12.5 Å². The first-order chi connectivity index (χ1) is 10.1. The molecule has 0 aromatic carbocycles. The molecule has 1 aromatic heterocycles. The van der Waals surface area contributed by atoms with E-state index in [0.29, 0.717) is 31.1 Å². The van der Waals surface area contributed by atoms with Crippen LogP contribution in [-0.2, 0) is 14.3 Å². The Kier molecular flexibility index (Phi) is 4.85. The second-order valence-electron chi connectivity index (χ2n) is 4.58. The van der Waals surface area contributed by atoms with Gasteiger partial charge in [0.15, 0.2) is 0 Å². The molecule has 7 heteroatoms. The molecule has 1 aliphatic heterocycles. The Balaban J connectivity index is 1.99. The summed E-state index contributed by atoms with van der Waals surface area (Å²) in [6.07, 6.45) is 1.51. The van der Waals surface area contributed by atoms with Crippen molar-refractivity contribution in [2.24, 2.45) is 0 Å². The van der Waals surface area contributed by atoms with Crippen molar-refractivity contribution in [1.82, 2.24) is 9.88 Å². The molecule has 1 aliphatic rings. The Morgan fingerprint density at radius 3 is 3.00 bits per heavy atom. The van der Waals surface area contributed by atoms with Gasteiger partial charge in [0.25, 0.3) is 0 Å². The van der Waals surface area contributed by atoms with Crippen molar-refractivity contribution < 1.29 is 14.3 Å². The molecule has 1 amide bonds. The van der Waals surface area contributed by atoms with E-state index in [1.165, 1.54) is 11.1 Å². The zero-order chi connectivity index (χ0) is 15.2. The van der Waals surface area contributed by atoms with Gasteiger partial charge < -0.3 is 4.74 Å². The van der Waals surface area contributed by atoms with Crippen LogP contribution >= 0.6 is 0 Å². The van der Waals surface area contributed by atoms with Gasteiger partial charge in [-0.15, -0.1) is 0 Å². The Bertz CT molecular complexity index is 582. The number of carbonyl (C=O) groups is 2. The van der Waals surface area contributed by atoms with Crippen LogP contribution in [-0.4, -0.2) is 54.5 Å². The maximum atomic E-state index is 12.2. The lowest BCUT2D eigenvalue weighted by atomic mass is 10.2. The molecule has 2 heterocycles. The number of rotatable bonds is 4. The highest BCUT2D eigenvalue weighted by Gasteiger charge is 2.27. The third kappa shape index (κ3) is 3.77. The molecule has 21 heavy (non-hydrogen) atoms. The quantitative estimate of drug-likeness (QED) is 0.734. The van der Waals surface area contributed by atoms with Crippen LogP contribution in [0.4, 0.5) is 5.82 Å². The maximum absolute atomic E-state index is 12.2. The van der Waals surface area contributed by atoms with E-state index in [1.54, 1.807) is 24.0 Å². The number of aromatic nitrogens is 1. The van der Waals surface area contributed by atoms with E-state index in [0.717, 1.165) is 0 Å². The van der Waals surface area contributed by atoms with E-state index >= 15 is 0 Å². The van der Waals surface area contributed by atoms with Crippen LogP contribution in [0.2, 0.25) is 0 Å². The number of pyridine rings is 1. The van der Waals surface area contributed by atoms with Crippen molar-refractivity contribution in [1.29, 1.82) is 5.26 Å². The molecule has 0 unspecified atom stereocenters. The smallest absolute Gasteiger partial charge is 0.320 e. The number of carbonyl (C=O) groups excluding carboxylic acids is 2. The third-order valence-electron chi connectivity index (χ3n) is 3.11. The van der Waals surface area contributed by atoms with Crippen molar-refractivity contribution in [3.8, 4) is 6.07 Å². The number of piperazine rings is 1. The van der Waals surface area contributed by atoms with Gasteiger partial charge in [0.2, 0.25) is 5.91 Å². The molecule has 1 fully saturated rings. The van der Waals surface area contributed by atoms with Crippen LogP contribution in [0.15, 0.2) is 18.3 Å². The first-order valence-electron chi connectivity index (χ1n) is 6.68. The maximum Gasteiger partial charge on any atom is 0.320 e. The van der Waals surface area contributed by atoms with Gasteiger partial charge in [-0.2, -0.15) is 5.26 Å². The molecule has 0 spiro atoms. The molecule has 1 aromatic rings. The van der Waals surface area contributed by atoms with E-state index in [1.807, 2.05) is 6.07 Å². The van der Waals surface area contributed by atoms with Crippen molar-refractivity contribution in [3.63, 3.8) is 0 Å². The minimum absolute atomic E-state index is 0.110. The fraction of sp³-hybridized carbons (Fsp3) is 0.429. The topological polar surface area (TPSA) is 86.5 Å². The lowest BCUT2D eigenvalue weighted by Gasteiger charge is -2.33. The van der Waals surface area contributed by atoms with Gasteiger partial charge in [-0.3, -0.25) is 19.4 Å². The molecule has 1 saturated heterocycles. The molecule has 2 rings (SSSR count). The number of nitrogens with zero attached hydrogens (tertiary/aromatic N) is 4. The first-order valence-corrected chi connectivity index (χ1v) is 6.68. The number of hydrogen-bond donors (Lipinski definition) is 0. The van der Waals surface area contributed by atoms with Crippen LogP contribution in [0.25, 0.3) is 0 Å². The largest absolute Gasteiger partial charge is 0.465 e. The van der Waals surface area contributed by atoms with Gasteiger partial charge in [-0.25, -0.2) is 4.98 Å². The Labute approximate surface area is 122 Å². The molecule has 0 N–H and O–H groups in total. The highest BCUT2D eigenvalue weighted by Crippen LogP contribution is 2.15. The van der Waals surface area contributed by atoms with E-state index in [4.69, 9.17) is 10.00 Å². The number of nitriles is 1. The SMILES string of the molecule is CCOC(=O)CN1CCN(c2cc(C#N)ccn2)C(=O)C1. The highest BCUT2D eigenvalue weighted by atomic mass is 16.5. The second kappa shape index (κ2) is 6.81. The van der Waals surface area contributed by atoms with Crippen LogP contribution in [0.5, 0.6) is 0 Å². The fourth-order valence-electron chi connectivity index (χ4n) is 2.12. The van der Waals surface area contributed by atoms with Gasteiger partial charge >= 0.3 is 5.97 Å². The van der Waals surface area contributed by atoms with Gasteiger partial charge in [0.05, 0.1) is 31.3 Å². The summed E-state index contributed by atoms with van der Waals surface area (Å²) >= 11 is 0. The summed E-state index contributed by atoms with van der Waals surface area (Å²) in [5, 5.41) is 8.88. The van der Waals surface area contributed by atoms with Crippen LogP contribution < -0.4 is 4.90 Å². The molecule has 0 saturated carbocycles. The first kappa shape index (κ1) is 14.9. The number of hydrogen-bond acceptors (Lipinski definition) is 6. The molecular weight excluding hydrogens is 272 g/mol. The zero-order valence-corrected chi connectivity index (χ0v) is 11.8. The Morgan fingerprint density at radius 2 is 2.33 bits per heavy atom. The van der Waals surface area contributed by atoms with Gasteiger partial charge in [0, 0.05) is 19.3 Å². The number of ether oxygens (including phenoxy) is 1. The lowest BCUT2D eigenvalue weighted by Crippen LogP contribution is -2.52. The minimum atomic E-state index is -0.330. The molecular formula is C14H16N4O3. The van der Waals surface area contributed by atoms with Crippen LogP contribution in [0, 0.1) is 11.3 Å². The molecule has 0 atom stereocenters. The number of amides is 1. The predicted octanol–water partition coefficient (Wildman–Crippen LogP) is 0.165. The second-order valence-corrected chi connectivity index (χ2v) is 4.58. The van der Waals surface area contributed by atoms with E-state index < -0.39 is 0 Å². The van der Waals surface area contributed by atoms with Crippen molar-refractivity contribution in [2.75, 3.05) is 37.7 Å². The van der Waals surface area contributed by atoms with Gasteiger partial charge in [-0.05, 0) is 19.1 Å². The van der Waals surface area contributed by atoms with Crippen molar-refractivity contribution in [3.05, 3.63) is 23.9 Å². The molecule has 0 radical (unpaired) electrons. The Morgan fingerprint density at radius 1 is 1.52 bits per heavy atom. The summed E-state index contributed by atoms with van der Waals surface area (Å²) in [7, 11) is 0. The number of anilines is 1. The lowest BCUT2D eigenvalue weighted by molar-refractivity contribution is -0.144. The highest BCUT2D eigenvalue weighted by molar-refractivity contribution is 5.95. The molecule has 0 aliphatic carbocycles. The van der Waals surface area contributed by atoms with E-state index in [9.17, 15) is 9.59 Å². The Hall–Kier alpha value is -2.46. The average molecular weight is 288 g/mol. The zero-order valence-electron chi connectivity index (χ0n) is 11.8. The standard InChI is InChI=1S/C14H16N4O3/c1-2-21-14(20)10-17-5-6-18(13(19)9-17)12-7-11(8-15)3-4-16-12/h3-4,7H,2,5-6,9-10H2,1H3. The summed E-state index contributed by atoms with van der Waals surface area (Å²) in [6.45, 7) is 3.31. The van der Waals surface area contributed by atoms with Crippen molar-refractivity contribution >= 4 is 17.7 Å². The molecule has 7 nitrogen and oxygen atoms in total. The summed E-state index contributed by atoms with van der Waals surface area (Å²) in [6, 6.07) is 5.19. The summed E-state index contributed by atoms with van der Waals surface area (Å²) in [4.78, 5) is 31.0. The van der Waals surface area contributed by atoms with Crippen LogP contribution in [0.3, 0.4) is 0 Å². The fourth-order valence-corrected chi connectivity index (χ4v) is 2.12. The summed E-state index contributed by atoms with van der Waals surface area (Å²) in [5.74, 6) is -0.00803. The van der Waals surface area contributed by atoms with Gasteiger partial charge in [-0.1, -0.05) is 0 Å². The number of esters is 1. The van der Waals surface area contributed by atoms with Crippen molar-refractivity contribution in [2.45, 2.75) is 6.92 Å². The van der Waals surface area contributed by atoms with Gasteiger partial charge in [0.1, 0.15) is 5.82 Å². The van der Waals surface area contributed by atoms with E-state index in [2.05, 4.69) is 4.98 Å². The third-order valence-corrected chi connectivity index (χ3v) is 3.11. The normalized spacial score (nSPS) is 15.6. The molecule has 0 bridgehead atoms. The van der Waals surface area contributed by atoms with E-state index in [-0.39, 0.29) is 25.0 Å². The minimum Gasteiger partial charge on any atom is -0.465 e. The monoisotopic (exact) mass is 288 g/mol. The summed E-state index contributed by atoms with van der Waals surface area (Å²) in [5.41, 5.74) is 0.460.